The van der Waals surface area contributed by atoms with Crippen LogP contribution in [0.5, 0.6) is 0 Å². The van der Waals surface area contributed by atoms with Crippen molar-refractivity contribution in [3.63, 3.8) is 0 Å². The van der Waals surface area contributed by atoms with Crippen LogP contribution in [0.1, 0.15) is 41.3 Å². The van der Waals surface area contributed by atoms with E-state index in [1.807, 2.05) is 23.7 Å². The zero-order valence-electron chi connectivity index (χ0n) is 19.2. The van der Waals surface area contributed by atoms with Gasteiger partial charge in [-0.15, -0.1) is 5.10 Å². The van der Waals surface area contributed by atoms with Gasteiger partial charge in [0, 0.05) is 31.4 Å². The summed E-state index contributed by atoms with van der Waals surface area (Å²) in [7, 11) is 1.67. The second-order valence-electron chi connectivity index (χ2n) is 8.77. The van der Waals surface area contributed by atoms with Gasteiger partial charge in [-0.2, -0.15) is 0 Å². The molecule has 7 heteroatoms. The van der Waals surface area contributed by atoms with E-state index in [4.69, 9.17) is 0 Å². The molecule has 3 aromatic rings. The van der Waals surface area contributed by atoms with Crippen LogP contribution in [0.4, 0.5) is 5.69 Å². The predicted octanol–water partition coefficient (Wildman–Crippen LogP) is 3.48. The van der Waals surface area contributed by atoms with Gasteiger partial charge in [0.15, 0.2) is 0 Å². The lowest BCUT2D eigenvalue weighted by Gasteiger charge is -2.23. The molecule has 0 bridgehead atoms. The maximum Gasteiger partial charge on any atom is 0.224 e. The van der Waals surface area contributed by atoms with Gasteiger partial charge >= 0.3 is 0 Å². The molecule has 2 aliphatic heterocycles. The Labute approximate surface area is 194 Å². The van der Waals surface area contributed by atoms with Crippen LogP contribution in [-0.4, -0.2) is 41.0 Å². The van der Waals surface area contributed by atoms with Crippen molar-refractivity contribution in [2.45, 2.75) is 38.8 Å². The zero-order chi connectivity index (χ0) is 22.8. The number of benzene rings is 2. The van der Waals surface area contributed by atoms with Crippen molar-refractivity contribution in [3.05, 3.63) is 70.9 Å². The monoisotopic (exact) mass is 442 g/mol. The highest BCUT2D eigenvalue weighted by molar-refractivity contribution is 5.78. The van der Waals surface area contributed by atoms with E-state index < -0.39 is 0 Å². The molecule has 2 aliphatic rings. The number of aryl methyl sites for hydroxylation is 2. The summed E-state index contributed by atoms with van der Waals surface area (Å²) in [6, 6.07) is 15.1. The number of hydrogen-bond donors (Lipinski definition) is 3. The molecular weight excluding hydrogens is 412 g/mol. The van der Waals surface area contributed by atoms with Crippen molar-refractivity contribution in [2.24, 2.45) is 0 Å². The molecule has 3 N–H and O–H groups in total. The number of carbonyl (C=O) groups excluding carboxylic acids is 1. The van der Waals surface area contributed by atoms with Crippen LogP contribution >= 0.6 is 0 Å². The molecular formula is C26H30N6O. The van der Waals surface area contributed by atoms with Gasteiger partial charge in [-0.25, -0.2) is 4.68 Å². The Morgan fingerprint density at radius 2 is 2.15 bits per heavy atom. The van der Waals surface area contributed by atoms with Crippen molar-refractivity contribution in [2.75, 3.05) is 25.5 Å². The van der Waals surface area contributed by atoms with E-state index in [0.29, 0.717) is 6.42 Å². The summed E-state index contributed by atoms with van der Waals surface area (Å²) in [5.41, 5.74) is 9.22. The first kappa shape index (κ1) is 21.4. The third-order valence-corrected chi connectivity index (χ3v) is 6.56. The van der Waals surface area contributed by atoms with Gasteiger partial charge < -0.3 is 16.0 Å². The fourth-order valence-electron chi connectivity index (χ4n) is 4.84. The Bertz CT molecular complexity index is 1210. The number of aromatic nitrogens is 3. The number of carbonyl (C=O) groups is 1. The van der Waals surface area contributed by atoms with E-state index >= 15 is 0 Å². The van der Waals surface area contributed by atoms with Crippen LogP contribution in [0, 0.1) is 6.92 Å². The first-order valence-corrected chi connectivity index (χ1v) is 11.6. The lowest BCUT2D eigenvalue weighted by atomic mass is 9.90. The molecule has 2 aromatic carbocycles. The summed E-state index contributed by atoms with van der Waals surface area (Å²) >= 11 is 0. The summed E-state index contributed by atoms with van der Waals surface area (Å²) in [4.78, 5) is 11.9. The molecule has 0 spiro atoms. The summed E-state index contributed by atoms with van der Waals surface area (Å²) in [5.74, 6) is 0.0141. The number of amides is 1. The largest absolute Gasteiger partial charge is 0.378 e. The van der Waals surface area contributed by atoms with E-state index in [-0.39, 0.29) is 11.9 Å². The van der Waals surface area contributed by atoms with Crippen LogP contribution in [-0.2, 0) is 17.8 Å². The second kappa shape index (κ2) is 9.19. The van der Waals surface area contributed by atoms with Crippen molar-refractivity contribution < 1.29 is 4.79 Å². The highest BCUT2D eigenvalue weighted by Crippen LogP contribution is 2.38. The maximum atomic E-state index is 11.9. The topological polar surface area (TPSA) is 83.9 Å². The van der Waals surface area contributed by atoms with Gasteiger partial charge in [-0.3, -0.25) is 4.79 Å². The van der Waals surface area contributed by atoms with Crippen molar-refractivity contribution in [1.29, 1.82) is 0 Å². The summed E-state index contributed by atoms with van der Waals surface area (Å²) in [6.07, 6.45) is 4.60. The molecule has 0 saturated heterocycles. The smallest absolute Gasteiger partial charge is 0.224 e. The first-order valence-electron chi connectivity index (χ1n) is 11.6. The summed E-state index contributed by atoms with van der Waals surface area (Å²) < 4.78 is 2.03. The summed E-state index contributed by atoms with van der Waals surface area (Å²) in [5, 5.41) is 18.6. The van der Waals surface area contributed by atoms with Gasteiger partial charge in [0.05, 0.1) is 23.9 Å². The Kier molecular flexibility index (Phi) is 5.96. The third kappa shape index (κ3) is 4.41. The molecule has 33 heavy (non-hydrogen) atoms. The minimum Gasteiger partial charge on any atom is -0.378 e. The minimum atomic E-state index is 0.0141. The highest BCUT2D eigenvalue weighted by Gasteiger charge is 2.26. The predicted molar refractivity (Wildman–Crippen MR) is 131 cm³/mol. The Hall–Kier alpha value is -3.45. The molecule has 1 aromatic heterocycles. The van der Waals surface area contributed by atoms with Gasteiger partial charge in [-0.1, -0.05) is 35.6 Å². The Morgan fingerprint density at radius 3 is 2.97 bits per heavy atom. The fraction of sp³-hybridized carbons (Fsp3) is 0.346. The van der Waals surface area contributed by atoms with Gasteiger partial charge in [0.25, 0.3) is 0 Å². The lowest BCUT2D eigenvalue weighted by molar-refractivity contribution is -0.119. The van der Waals surface area contributed by atoms with E-state index in [1.54, 1.807) is 7.05 Å². The van der Waals surface area contributed by atoms with E-state index in [1.165, 1.54) is 22.3 Å². The fourth-order valence-corrected chi connectivity index (χ4v) is 4.84. The molecule has 1 atom stereocenters. The van der Waals surface area contributed by atoms with Crippen molar-refractivity contribution >= 4 is 17.2 Å². The minimum absolute atomic E-state index is 0.0141. The molecule has 7 nitrogen and oxygen atoms in total. The number of likely N-dealkylation sites (N-methyl/N-ethyl adjacent to an activating group) is 1. The maximum absolute atomic E-state index is 11.9. The average Bonchev–Trinajstić information content (AvgIpc) is 3.14. The van der Waals surface area contributed by atoms with Crippen LogP contribution in [0.15, 0.2) is 48.5 Å². The lowest BCUT2D eigenvalue weighted by Crippen LogP contribution is -2.20. The first-order chi connectivity index (χ1) is 16.1. The van der Waals surface area contributed by atoms with Crippen LogP contribution in [0.3, 0.4) is 0 Å². The molecule has 0 fully saturated rings. The van der Waals surface area contributed by atoms with Gasteiger partial charge in [-0.05, 0) is 66.8 Å². The third-order valence-electron chi connectivity index (χ3n) is 6.56. The van der Waals surface area contributed by atoms with Crippen LogP contribution < -0.4 is 16.0 Å². The number of anilines is 1. The quantitative estimate of drug-likeness (QED) is 0.564. The number of fused-ring (bicyclic) bond motifs is 3. The molecule has 5 rings (SSSR count). The molecule has 0 radical (unpaired) electrons. The second-order valence-corrected chi connectivity index (χ2v) is 8.77. The highest BCUT2D eigenvalue weighted by atomic mass is 16.1. The number of nitrogens with one attached hydrogen (secondary N) is 3. The molecule has 0 saturated carbocycles. The molecule has 0 aliphatic carbocycles. The molecule has 1 amide bonds. The summed E-state index contributed by atoms with van der Waals surface area (Å²) in [6.45, 7) is 4.75. The SMILES string of the molecule is CNC(=O)Cc1cccc(NC2CCn3nnc(C)c3-c3ccc(C4=CCNCC4)cc32)c1. The Balaban J connectivity index is 1.53. The number of nitrogens with zero attached hydrogens (tertiary/aromatic N) is 3. The average molecular weight is 443 g/mol. The normalized spacial score (nSPS) is 17.4. The zero-order valence-corrected chi connectivity index (χ0v) is 19.2. The molecule has 170 valence electrons. The van der Waals surface area contributed by atoms with Crippen molar-refractivity contribution in [1.82, 2.24) is 25.6 Å². The van der Waals surface area contributed by atoms with Crippen molar-refractivity contribution in [3.8, 4) is 11.3 Å². The van der Waals surface area contributed by atoms with E-state index in [9.17, 15) is 4.79 Å². The number of hydrogen-bond acceptors (Lipinski definition) is 5. The molecule has 1 unspecified atom stereocenters. The molecule has 3 heterocycles. The Morgan fingerprint density at radius 1 is 1.24 bits per heavy atom. The number of rotatable bonds is 5. The van der Waals surface area contributed by atoms with E-state index in [0.717, 1.165) is 55.1 Å². The van der Waals surface area contributed by atoms with Gasteiger partial charge in [0.2, 0.25) is 5.91 Å². The standard InChI is InChI=1S/C26H30N6O/c1-17-26-22-7-6-20(19-8-11-28-12-9-19)16-23(22)24(10-13-32(26)31-30-17)29-21-5-3-4-18(14-21)15-25(33)27-2/h3-8,14,16,24,28-29H,9-13,15H2,1-2H3,(H,27,33). The van der Waals surface area contributed by atoms with Crippen LogP contribution in [0.25, 0.3) is 16.8 Å². The van der Waals surface area contributed by atoms with Crippen LogP contribution in [0.2, 0.25) is 0 Å². The van der Waals surface area contributed by atoms with E-state index in [2.05, 4.69) is 62.7 Å². The van der Waals surface area contributed by atoms with Gasteiger partial charge in [0.1, 0.15) is 0 Å².